The summed E-state index contributed by atoms with van der Waals surface area (Å²) in [5.74, 6) is 0.461. The molecule has 1 aromatic carbocycles. The van der Waals surface area contributed by atoms with Crippen molar-refractivity contribution in [1.29, 1.82) is 0 Å². The van der Waals surface area contributed by atoms with E-state index in [4.69, 9.17) is 4.74 Å². The minimum atomic E-state index is -0.329. The van der Waals surface area contributed by atoms with Crippen molar-refractivity contribution < 1.29 is 9.53 Å². The number of amides is 1. The van der Waals surface area contributed by atoms with Gasteiger partial charge in [-0.3, -0.25) is 10.1 Å². The average molecular weight is 245 g/mol. The molecule has 1 aliphatic heterocycles. The van der Waals surface area contributed by atoms with Gasteiger partial charge in [-0.2, -0.15) is 0 Å². The Labute approximate surface area is 105 Å². The molecule has 1 amide bonds. The lowest BCUT2D eigenvalue weighted by atomic mass is 10.2. The molecule has 1 aromatic heterocycles. The third kappa shape index (κ3) is 1.86. The quantitative estimate of drug-likeness (QED) is 0.876. The fourth-order valence-electron chi connectivity index (χ4n) is 2.23. The highest BCUT2D eigenvalue weighted by Crippen LogP contribution is 2.19. The number of rotatable bonds is 2. The van der Waals surface area contributed by atoms with E-state index in [0.29, 0.717) is 12.6 Å². The predicted octanol–water partition coefficient (Wildman–Crippen LogP) is 1.69. The Bertz CT molecular complexity index is 585. The molecule has 1 atom stereocenters. The minimum absolute atomic E-state index is 0.106. The number of benzene rings is 1. The molecule has 5 heteroatoms. The fraction of sp³-hybridized carbons (Fsp3) is 0.385. The van der Waals surface area contributed by atoms with Gasteiger partial charge in [-0.15, -0.1) is 0 Å². The van der Waals surface area contributed by atoms with Gasteiger partial charge in [0.2, 0.25) is 5.95 Å². The molecular weight excluding hydrogens is 230 g/mol. The number of fused-ring (bicyclic) bond motifs is 1. The second kappa shape index (κ2) is 4.42. The largest absolute Gasteiger partial charge is 0.368 e. The van der Waals surface area contributed by atoms with Gasteiger partial charge >= 0.3 is 0 Å². The Morgan fingerprint density at radius 3 is 3.06 bits per heavy atom. The van der Waals surface area contributed by atoms with Crippen LogP contribution in [0.15, 0.2) is 24.3 Å². The minimum Gasteiger partial charge on any atom is -0.368 e. The lowest BCUT2D eigenvalue weighted by Crippen LogP contribution is -2.28. The van der Waals surface area contributed by atoms with Crippen LogP contribution in [0.3, 0.4) is 0 Å². The molecule has 1 unspecified atom stereocenters. The van der Waals surface area contributed by atoms with Gasteiger partial charge < -0.3 is 9.30 Å². The number of aryl methyl sites for hydroxylation is 1. The number of carbonyl (C=O) groups is 1. The molecule has 5 nitrogen and oxygen atoms in total. The highest BCUT2D eigenvalue weighted by molar-refractivity contribution is 5.94. The second-order valence-electron chi connectivity index (χ2n) is 4.47. The summed E-state index contributed by atoms with van der Waals surface area (Å²) in [7, 11) is 1.89. The smallest absolute Gasteiger partial charge is 0.255 e. The summed E-state index contributed by atoms with van der Waals surface area (Å²) < 4.78 is 7.23. The van der Waals surface area contributed by atoms with Gasteiger partial charge in [-0.25, -0.2) is 4.98 Å². The van der Waals surface area contributed by atoms with Crippen LogP contribution in [0.1, 0.15) is 12.8 Å². The van der Waals surface area contributed by atoms with Crippen molar-refractivity contribution >= 4 is 22.9 Å². The van der Waals surface area contributed by atoms with E-state index in [9.17, 15) is 4.79 Å². The van der Waals surface area contributed by atoms with E-state index in [1.165, 1.54) is 0 Å². The first-order chi connectivity index (χ1) is 8.75. The van der Waals surface area contributed by atoms with E-state index >= 15 is 0 Å². The monoisotopic (exact) mass is 245 g/mol. The van der Waals surface area contributed by atoms with Gasteiger partial charge in [0, 0.05) is 13.7 Å². The van der Waals surface area contributed by atoms with Crippen molar-refractivity contribution in [2.45, 2.75) is 18.9 Å². The van der Waals surface area contributed by atoms with Crippen LogP contribution in [-0.4, -0.2) is 28.2 Å². The number of ether oxygens (including phenoxy) is 1. The lowest BCUT2D eigenvalue weighted by Gasteiger charge is -2.09. The van der Waals surface area contributed by atoms with E-state index < -0.39 is 0 Å². The van der Waals surface area contributed by atoms with Crippen molar-refractivity contribution in [3.05, 3.63) is 24.3 Å². The number of imidazole rings is 1. The standard InChI is InChI=1S/C13H15N3O2/c1-16-10-6-3-2-5-9(10)14-13(16)15-12(17)11-7-4-8-18-11/h2-3,5-6,11H,4,7-8H2,1H3,(H,14,15,17). The number of aromatic nitrogens is 2. The first kappa shape index (κ1) is 11.2. The number of hydrogen-bond donors (Lipinski definition) is 1. The number of nitrogens with zero attached hydrogens (tertiary/aromatic N) is 2. The Kier molecular flexibility index (Phi) is 2.76. The van der Waals surface area contributed by atoms with Gasteiger partial charge in [0.05, 0.1) is 11.0 Å². The first-order valence-corrected chi connectivity index (χ1v) is 6.09. The number of carbonyl (C=O) groups excluding carboxylic acids is 1. The number of nitrogens with one attached hydrogen (secondary N) is 1. The molecule has 18 heavy (non-hydrogen) atoms. The summed E-state index contributed by atoms with van der Waals surface area (Å²) in [5, 5.41) is 2.83. The number of para-hydroxylation sites is 2. The van der Waals surface area contributed by atoms with Crippen LogP contribution >= 0.6 is 0 Å². The highest BCUT2D eigenvalue weighted by atomic mass is 16.5. The molecule has 0 aliphatic carbocycles. The Morgan fingerprint density at radius 2 is 2.33 bits per heavy atom. The van der Waals surface area contributed by atoms with E-state index in [0.717, 1.165) is 23.9 Å². The zero-order valence-corrected chi connectivity index (χ0v) is 10.2. The van der Waals surface area contributed by atoms with Crippen molar-refractivity contribution in [2.75, 3.05) is 11.9 Å². The Hall–Kier alpha value is -1.88. The molecule has 94 valence electrons. The SMILES string of the molecule is Cn1c(NC(=O)C2CCCO2)nc2ccccc21. The van der Waals surface area contributed by atoms with E-state index in [2.05, 4.69) is 10.3 Å². The zero-order valence-electron chi connectivity index (χ0n) is 10.2. The third-order valence-electron chi connectivity index (χ3n) is 3.24. The summed E-state index contributed by atoms with van der Waals surface area (Å²) in [6.45, 7) is 0.667. The van der Waals surface area contributed by atoms with Crippen LogP contribution < -0.4 is 5.32 Å². The normalized spacial score (nSPS) is 19.3. The van der Waals surface area contributed by atoms with Crippen LogP contribution in [0.4, 0.5) is 5.95 Å². The molecule has 0 radical (unpaired) electrons. The fourth-order valence-corrected chi connectivity index (χ4v) is 2.23. The lowest BCUT2D eigenvalue weighted by molar-refractivity contribution is -0.124. The summed E-state index contributed by atoms with van der Waals surface area (Å²) in [6.07, 6.45) is 1.40. The number of hydrogen-bond acceptors (Lipinski definition) is 3. The average Bonchev–Trinajstić information content (AvgIpc) is 3.00. The Morgan fingerprint density at radius 1 is 1.50 bits per heavy atom. The Balaban J connectivity index is 1.86. The van der Waals surface area contributed by atoms with Crippen molar-refractivity contribution in [1.82, 2.24) is 9.55 Å². The molecular formula is C13H15N3O2. The maximum absolute atomic E-state index is 12.0. The summed E-state index contributed by atoms with van der Waals surface area (Å²) in [6, 6.07) is 7.79. The van der Waals surface area contributed by atoms with Crippen LogP contribution in [0.25, 0.3) is 11.0 Å². The molecule has 1 fully saturated rings. The predicted molar refractivity (Wildman–Crippen MR) is 68.3 cm³/mol. The van der Waals surface area contributed by atoms with Crippen molar-refractivity contribution in [3.63, 3.8) is 0 Å². The number of anilines is 1. The molecule has 0 saturated carbocycles. The molecule has 2 heterocycles. The summed E-state index contributed by atoms with van der Waals surface area (Å²) >= 11 is 0. The van der Waals surface area contributed by atoms with Crippen LogP contribution in [0.2, 0.25) is 0 Å². The van der Waals surface area contributed by atoms with Gasteiger partial charge in [0.25, 0.3) is 5.91 Å². The molecule has 2 aromatic rings. The van der Waals surface area contributed by atoms with E-state index in [1.807, 2.05) is 35.9 Å². The summed E-state index contributed by atoms with van der Waals surface area (Å²) in [5.41, 5.74) is 1.88. The third-order valence-corrected chi connectivity index (χ3v) is 3.24. The van der Waals surface area contributed by atoms with Gasteiger partial charge in [0.1, 0.15) is 6.10 Å². The van der Waals surface area contributed by atoms with E-state index in [-0.39, 0.29) is 12.0 Å². The molecule has 0 bridgehead atoms. The van der Waals surface area contributed by atoms with Crippen LogP contribution in [0.5, 0.6) is 0 Å². The van der Waals surface area contributed by atoms with Gasteiger partial charge in [0.15, 0.2) is 0 Å². The molecule has 3 rings (SSSR count). The highest BCUT2D eigenvalue weighted by Gasteiger charge is 2.24. The van der Waals surface area contributed by atoms with Crippen molar-refractivity contribution in [3.8, 4) is 0 Å². The van der Waals surface area contributed by atoms with Gasteiger partial charge in [-0.1, -0.05) is 12.1 Å². The van der Waals surface area contributed by atoms with Crippen molar-refractivity contribution in [2.24, 2.45) is 7.05 Å². The first-order valence-electron chi connectivity index (χ1n) is 6.09. The van der Waals surface area contributed by atoms with Crippen LogP contribution in [-0.2, 0) is 16.6 Å². The summed E-state index contributed by atoms with van der Waals surface area (Å²) in [4.78, 5) is 16.4. The molecule has 1 saturated heterocycles. The van der Waals surface area contributed by atoms with Gasteiger partial charge in [-0.05, 0) is 25.0 Å². The zero-order chi connectivity index (χ0) is 12.5. The topological polar surface area (TPSA) is 56.2 Å². The molecule has 1 N–H and O–H groups in total. The van der Waals surface area contributed by atoms with E-state index in [1.54, 1.807) is 0 Å². The van der Waals surface area contributed by atoms with Crippen LogP contribution in [0, 0.1) is 0 Å². The maximum Gasteiger partial charge on any atom is 0.255 e. The maximum atomic E-state index is 12.0. The second-order valence-corrected chi connectivity index (χ2v) is 4.47. The molecule has 0 spiro atoms. The molecule has 1 aliphatic rings.